The number of hydrogen-bond donors (Lipinski definition) is 1. The van der Waals surface area contributed by atoms with Crippen LogP contribution in [0, 0.1) is 12.7 Å². The van der Waals surface area contributed by atoms with E-state index in [1.54, 1.807) is 12.1 Å². The first-order valence-corrected chi connectivity index (χ1v) is 7.10. The molecule has 0 spiro atoms. The fourth-order valence-corrected chi connectivity index (χ4v) is 2.61. The number of nitrogens with zero attached hydrogens (tertiary/aromatic N) is 2. The number of aryl methyl sites for hydroxylation is 2. The summed E-state index contributed by atoms with van der Waals surface area (Å²) in [4.78, 5) is 0. The van der Waals surface area contributed by atoms with Crippen molar-refractivity contribution in [3.63, 3.8) is 0 Å². The third-order valence-corrected chi connectivity index (χ3v) is 3.64. The smallest absolute Gasteiger partial charge is 0.127 e. The monoisotopic (exact) mass is 295 g/mol. The average Bonchev–Trinajstić information content (AvgIpc) is 2.74. The Labute approximate surface area is 123 Å². The molecule has 3 nitrogen and oxygen atoms in total. The van der Waals surface area contributed by atoms with Crippen molar-refractivity contribution < 1.29 is 4.39 Å². The van der Waals surface area contributed by atoms with Gasteiger partial charge in [0.05, 0.1) is 5.69 Å². The number of hydrogen-bond acceptors (Lipinski definition) is 2. The molecule has 2 rings (SSSR count). The Balaban J connectivity index is 2.11. The van der Waals surface area contributed by atoms with E-state index in [0.717, 1.165) is 17.9 Å². The van der Waals surface area contributed by atoms with E-state index in [4.69, 9.17) is 17.3 Å². The van der Waals surface area contributed by atoms with Crippen molar-refractivity contribution in [3.8, 4) is 0 Å². The van der Waals surface area contributed by atoms with Gasteiger partial charge in [-0.25, -0.2) is 4.39 Å². The van der Waals surface area contributed by atoms with Crippen molar-refractivity contribution in [1.82, 2.24) is 9.78 Å². The van der Waals surface area contributed by atoms with Crippen molar-refractivity contribution in [1.29, 1.82) is 0 Å². The molecular weight excluding hydrogens is 277 g/mol. The number of aromatic nitrogens is 2. The van der Waals surface area contributed by atoms with Gasteiger partial charge in [0, 0.05) is 35.3 Å². The summed E-state index contributed by atoms with van der Waals surface area (Å²) in [5.74, 6) is -0.298. The summed E-state index contributed by atoms with van der Waals surface area (Å²) in [7, 11) is 0. The van der Waals surface area contributed by atoms with E-state index in [1.807, 2.05) is 24.6 Å². The maximum atomic E-state index is 13.7. The topological polar surface area (TPSA) is 43.8 Å². The molecule has 1 heterocycles. The van der Waals surface area contributed by atoms with Gasteiger partial charge < -0.3 is 5.73 Å². The van der Waals surface area contributed by atoms with Crippen LogP contribution in [0.2, 0.25) is 5.02 Å². The molecule has 0 saturated carbocycles. The molecule has 0 fully saturated rings. The Bertz CT molecular complexity index is 575. The molecule has 0 bridgehead atoms. The van der Waals surface area contributed by atoms with Gasteiger partial charge in [0.25, 0.3) is 0 Å². The molecule has 20 heavy (non-hydrogen) atoms. The van der Waals surface area contributed by atoms with E-state index in [1.165, 1.54) is 6.07 Å². The van der Waals surface area contributed by atoms with Gasteiger partial charge in [-0.2, -0.15) is 5.10 Å². The van der Waals surface area contributed by atoms with Crippen LogP contribution in [0.15, 0.2) is 24.3 Å². The second-order valence-electron chi connectivity index (χ2n) is 4.96. The van der Waals surface area contributed by atoms with E-state index in [-0.39, 0.29) is 11.9 Å². The summed E-state index contributed by atoms with van der Waals surface area (Å²) in [5, 5.41) is 4.82. The van der Waals surface area contributed by atoms with Crippen molar-refractivity contribution in [2.45, 2.75) is 39.3 Å². The molecule has 1 aromatic heterocycles. The zero-order chi connectivity index (χ0) is 14.7. The van der Waals surface area contributed by atoms with Crippen LogP contribution in [0.25, 0.3) is 0 Å². The van der Waals surface area contributed by atoms with Crippen molar-refractivity contribution in [3.05, 3.63) is 52.1 Å². The predicted octanol–water partition coefficient (Wildman–Crippen LogP) is 3.12. The lowest BCUT2D eigenvalue weighted by Gasteiger charge is -2.14. The molecule has 1 atom stereocenters. The zero-order valence-electron chi connectivity index (χ0n) is 11.7. The average molecular weight is 296 g/mol. The summed E-state index contributed by atoms with van der Waals surface area (Å²) in [5.41, 5.74) is 8.67. The molecule has 0 amide bonds. The third-order valence-electron chi connectivity index (χ3n) is 3.28. The molecule has 1 unspecified atom stereocenters. The Kier molecular flexibility index (Phi) is 4.78. The van der Waals surface area contributed by atoms with Gasteiger partial charge in [0.2, 0.25) is 0 Å². The molecule has 0 radical (unpaired) electrons. The van der Waals surface area contributed by atoms with Crippen LogP contribution in [0.4, 0.5) is 4.39 Å². The van der Waals surface area contributed by atoms with E-state index in [2.05, 4.69) is 5.10 Å². The lowest BCUT2D eigenvalue weighted by molar-refractivity contribution is 0.556. The molecule has 2 N–H and O–H groups in total. The predicted molar refractivity (Wildman–Crippen MR) is 79.4 cm³/mol. The number of benzene rings is 1. The van der Waals surface area contributed by atoms with Crippen molar-refractivity contribution in [2.75, 3.05) is 0 Å². The second-order valence-corrected chi connectivity index (χ2v) is 5.37. The lowest BCUT2D eigenvalue weighted by Crippen LogP contribution is -2.27. The largest absolute Gasteiger partial charge is 0.327 e. The van der Waals surface area contributed by atoms with Crippen LogP contribution >= 0.6 is 11.6 Å². The fourth-order valence-electron chi connectivity index (χ4n) is 2.37. The molecule has 108 valence electrons. The Morgan fingerprint density at radius 3 is 2.80 bits per heavy atom. The Hall–Kier alpha value is -1.39. The van der Waals surface area contributed by atoms with Crippen LogP contribution in [-0.2, 0) is 19.4 Å². The van der Waals surface area contributed by atoms with E-state index in [0.29, 0.717) is 23.4 Å². The quantitative estimate of drug-likeness (QED) is 0.921. The van der Waals surface area contributed by atoms with Gasteiger partial charge >= 0.3 is 0 Å². The minimum Gasteiger partial charge on any atom is -0.327 e. The van der Waals surface area contributed by atoms with Crippen LogP contribution < -0.4 is 5.73 Å². The van der Waals surface area contributed by atoms with Crippen LogP contribution in [0.1, 0.15) is 23.9 Å². The van der Waals surface area contributed by atoms with Gasteiger partial charge in [-0.05, 0) is 38.5 Å². The van der Waals surface area contributed by atoms with E-state index >= 15 is 0 Å². The summed E-state index contributed by atoms with van der Waals surface area (Å²) < 4.78 is 15.7. The molecule has 5 heteroatoms. The minimum absolute atomic E-state index is 0.189. The summed E-state index contributed by atoms with van der Waals surface area (Å²) >= 11 is 6.03. The standard InChI is InChI=1S/C15H19ClFN3/c1-3-20-12(7-10(2)19-20)8-11(18)9-13-14(16)5-4-6-15(13)17/h4-7,11H,3,8-9,18H2,1-2H3. The van der Waals surface area contributed by atoms with Gasteiger partial charge in [-0.3, -0.25) is 4.68 Å². The van der Waals surface area contributed by atoms with E-state index in [9.17, 15) is 4.39 Å². The highest BCUT2D eigenvalue weighted by Gasteiger charge is 2.14. The maximum Gasteiger partial charge on any atom is 0.127 e. The first-order chi connectivity index (χ1) is 9.51. The molecule has 0 aliphatic rings. The van der Waals surface area contributed by atoms with Crippen LogP contribution in [-0.4, -0.2) is 15.8 Å². The number of halogens is 2. The summed E-state index contributed by atoms with van der Waals surface area (Å²) in [6.45, 7) is 4.79. The molecular formula is C15H19ClFN3. The van der Waals surface area contributed by atoms with Crippen LogP contribution in [0.3, 0.4) is 0 Å². The second kappa shape index (κ2) is 6.37. The fraction of sp³-hybridized carbons (Fsp3) is 0.400. The van der Waals surface area contributed by atoms with Gasteiger partial charge in [-0.1, -0.05) is 17.7 Å². The summed E-state index contributed by atoms with van der Waals surface area (Å²) in [6.07, 6.45) is 1.07. The number of nitrogens with two attached hydrogens (primary N) is 1. The molecule has 2 aromatic rings. The molecule has 0 saturated heterocycles. The van der Waals surface area contributed by atoms with Crippen LogP contribution in [0.5, 0.6) is 0 Å². The minimum atomic E-state index is -0.298. The molecule has 0 aliphatic heterocycles. The Morgan fingerprint density at radius 2 is 2.15 bits per heavy atom. The third kappa shape index (κ3) is 3.38. The van der Waals surface area contributed by atoms with Crippen molar-refractivity contribution >= 4 is 11.6 Å². The highest BCUT2D eigenvalue weighted by molar-refractivity contribution is 6.31. The SMILES string of the molecule is CCn1nc(C)cc1CC(N)Cc1c(F)cccc1Cl. The highest BCUT2D eigenvalue weighted by atomic mass is 35.5. The maximum absolute atomic E-state index is 13.7. The van der Waals surface area contributed by atoms with Gasteiger partial charge in [0.15, 0.2) is 0 Å². The normalized spacial score (nSPS) is 12.7. The first kappa shape index (κ1) is 15.0. The van der Waals surface area contributed by atoms with Gasteiger partial charge in [0.1, 0.15) is 5.82 Å². The van der Waals surface area contributed by atoms with Crippen molar-refractivity contribution in [2.24, 2.45) is 5.73 Å². The first-order valence-electron chi connectivity index (χ1n) is 6.73. The molecule has 0 aliphatic carbocycles. The van der Waals surface area contributed by atoms with Gasteiger partial charge in [-0.15, -0.1) is 0 Å². The van der Waals surface area contributed by atoms with E-state index < -0.39 is 0 Å². The lowest BCUT2D eigenvalue weighted by atomic mass is 10.0. The highest BCUT2D eigenvalue weighted by Crippen LogP contribution is 2.21. The number of rotatable bonds is 5. The molecule has 1 aromatic carbocycles. The Morgan fingerprint density at radius 1 is 1.40 bits per heavy atom. The zero-order valence-corrected chi connectivity index (χ0v) is 12.5. The summed E-state index contributed by atoms with van der Waals surface area (Å²) in [6, 6.07) is 6.53.